The molecule has 0 saturated heterocycles. The van der Waals surface area contributed by atoms with E-state index in [1.54, 1.807) is 4.90 Å². The van der Waals surface area contributed by atoms with E-state index < -0.39 is 0 Å². The molecule has 2 N–H and O–H groups in total. The molecule has 0 bridgehead atoms. The molecule has 0 aliphatic rings. The molecule has 100 valence electrons. The highest BCUT2D eigenvalue weighted by Crippen LogP contribution is 2.15. The third kappa shape index (κ3) is 3.74. The lowest BCUT2D eigenvalue weighted by Crippen LogP contribution is -2.33. The van der Waals surface area contributed by atoms with E-state index in [4.69, 9.17) is 5.73 Å². The van der Waals surface area contributed by atoms with Gasteiger partial charge >= 0.3 is 0 Å². The van der Waals surface area contributed by atoms with Crippen LogP contribution >= 0.6 is 0 Å². The summed E-state index contributed by atoms with van der Waals surface area (Å²) in [4.78, 5) is 16.0. The van der Waals surface area contributed by atoms with Gasteiger partial charge in [0.2, 0.25) is 0 Å². The minimum absolute atomic E-state index is 0.0407. The molecule has 1 atom stereocenters. The van der Waals surface area contributed by atoms with E-state index in [9.17, 15) is 4.79 Å². The Balaban J connectivity index is 2.80. The lowest BCUT2D eigenvalue weighted by atomic mass is 10.1. The smallest absolute Gasteiger partial charge is 0.253 e. The molecule has 1 rings (SSSR count). The largest absolute Gasteiger partial charge is 0.378 e. The van der Waals surface area contributed by atoms with E-state index in [1.165, 1.54) is 0 Å². The number of nitrogens with zero attached hydrogens (tertiary/aromatic N) is 2. The van der Waals surface area contributed by atoms with Crippen LogP contribution in [0, 0.1) is 5.92 Å². The van der Waals surface area contributed by atoms with Gasteiger partial charge in [0.25, 0.3) is 5.91 Å². The summed E-state index contributed by atoms with van der Waals surface area (Å²) in [5.41, 5.74) is 7.32. The van der Waals surface area contributed by atoms with Crippen molar-refractivity contribution in [2.24, 2.45) is 11.7 Å². The zero-order chi connectivity index (χ0) is 13.7. The summed E-state index contributed by atoms with van der Waals surface area (Å²) >= 11 is 0. The van der Waals surface area contributed by atoms with Crippen molar-refractivity contribution < 1.29 is 4.79 Å². The van der Waals surface area contributed by atoms with Crippen molar-refractivity contribution in [3.63, 3.8) is 0 Å². The molecule has 0 aliphatic carbocycles. The van der Waals surface area contributed by atoms with Crippen LogP contribution in [-0.4, -0.2) is 45.0 Å². The van der Waals surface area contributed by atoms with Crippen LogP contribution in [0.3, 0.4) is 0 Å². The van der Waals surface area contributed by atoms with E-state index in [2.05, 4.69) is 0 Å². The summed E-state index contributed by atoms with van der Waals surface area (Å²) in [7, 11) is 5.74. The Morgan fingerprint density at radius 1 is 1.33 bits per heavy atom. The zero-order valence-electron chi connectivity index (χ0n) is 11.7. The fourth-order valence-electron chi connectivity index (χ4n) is 1.76. The van der Waals surface area contributed by atoms with Gasteiger partial charge in [0.1, 0.15) is 0 Å². The van der Waals surface area contributed by atoms with Crippen molar-refractivity contribution in [1.29, 1.82) is 0 Å². The van der Waals surface area contributed by atoms with Gasteiger partial charge in [0.05, 0.1) is 0 Å². The fourth-order valence-corrected chi connectivity index (χ4v) is 1.76. The predicted molar refractivity (Wildman–Crippen MR) is 75.9 cm³/mol. The summed E-state index contributed by atoms with van der Waals surface area (Å²) in [5, 5.41) is 0. The number of anilines is 1. The Morgan fingerprint density at radius 3 is 2.56 bits per heavy atom. The molecule has 4 nitrogen and oxygen atoms in total. The van der Waals surface area contributed by atoms with Crippen molar-refractivity contribution in [1.82, 2.24) is 4.90 Å². The van der Waals surface area contributed by atoms with E-state index in [-0.39, 0.29) is 5.91 Å². The number of benzene rings is 1. The van der Waals surface area contributed by atoms with Crippen LogP contribution in [0.1, 0.15) is 17.3 Å². The summed E-state index contributed by atoms with van der Waals surface area (Å²) in [5.74, 6) is 0.356. The molecule has 1 aromatic carbocycles. The highest BCUT2D eigenvalue weighted by atomic mass is 16.2. The number of rotatable bonds is 5. The van der Waals surface area contributed by atoms with Gasteiger partial charge in [-0.1, -0.05) is 13.0 Å². The normalized spacial score (nSPS) is 12.1. The summed E-state index contributed by atoms with van der Waals surface area (Å²) in [6, 6.07) is 7.65. The maximum Gasteiger partial charge on any atom is 0.253 e. The van der Waals surface area contributed by atoms with Gasteiger partial charge in [0.15, 0.2) is 0 Å². The Bertz CT molecular complexity index is 404. The molecule has 1 amide bonds. The molecular formula is C14H23N3O. The highest BCUT2D eigenvalue weighted by molar-refractivity contribution is 5.95. The lowest BCUT2D eigenvalue weighted by Gasteiger charge is -2.21. The molecule has 0 heterocycles. The van der Waals surface area contributed by atoms with Gasteiger partial charge in [-0.3, -0.25) is 4.79 Å². The number of amides is 1. The average molecular weight is 249 g/mol. The average Bonchev–Trinajstić information content (AvgIpc) is 2.37. The van der Waals surface area contributed by atoms with Crippen LogP contribution in [0.2, 0.25) is 0 Å². The van der Waals surface area contributed by atoms with Gasteiger partial charge in [-0.05, 0) is 30.7 Å². The molecule has 4 heteroatoms. The molecule has 18 heavy (non-hydrogen) atoms. The molecule has 0 saturated carbocycles. The van der Waals surface area contributed by atoms with E-state index in [1.807, 2.05) is 57.2 Å². The first-order valence-electron chi connectivity index (χ1n) is 6.18. The molecule has 0 fully saturated rings. The molecule has 0 aromatic heterocycles. The van der Waals surface area contributed by atoms with Gasteiger partial charge in [-0.15, -0.1) is 0 Å². The minimum Gasteiger partial charge on any atom is -0.378 e. The van der Waals surface area contributed by atoms with Crippen molar-refractivity contribution in [3.8, 4) is 0 Å². The number of carbonyl (C=O) groups excluding carboxylic acids is 1. The van der Waals surface area contributed by atoms with Crippen molar-refractivity contribution >= 4 is 11.6 Å². The van der Waals surface area contributed by atoms with Crippen molar-refractivity contribution in [2.75, 3.05) is 39.1 Å². The number of hydrogen-bond acceptors (Lipinski definition) is 3. The first-order valence-corrected chi connectivity index (χ1v) is 6.18. The molecular weight excluding hydrogens is 226 g/mol. The lowest BCUT2D eigenvalue weighted by molar-refractivity contribution is 0.0777. The first-order chi connectivity index (χ1) is 8.45. The van der Waals surface area contributed by atoms with Crippen molar-refractivity contribution in [2.45, 2.75) is 6.92 Å². The van der Waals surface area contributed by atoms with Crippen LogP contribution in [0.25, 0.3) is 0 Å². The van der Waals surface area contributed by atoms with Crippen LogP contribution < -0.4 is 10.6 Å². The number of carbonyl (C=O) groups is 1. The summed E-state index contributed by atoms with van der Waals surface area (Å²) < 4.78 is 0. The molecule has 1 aromatic rings. The topological polar surface area (TPSA) is 49.6 Å². The van der Waals surface area contributed by atoms with Gasteiger partial charge < -0.3 is 15.5 Å². The van der Waals surface area contributed by atoms with Crippen LogP contribution in [0.4, 0.5) is 5.69 Å². The molecule has 0 radical (unpaired) electrons. The Labute approximate surface area is 109 Å². The second-order valence-electron chi connectivity index (χ2n) is 4.97. The number of hydrogen-bond donors (Lipinski definition) is 1. The van der Waals surface area contributed by atoms with E-state index in [0.717, 1.165) is 5.69 Å². The second-order valence-corrected chi connectivity index (χ2v) is 4.97. The SMILES string of the molecule is CC(CN)CN(C)C(=O)c1cccc(N(C)C)c1. The second kappa shape index (κ2) is 6.40. The van der Waals surface area contributed by atoms with Crippen LogP contribution in [-0.2, 0) is 0 Å². The van der Waals surface area contributed by atoms with Crippen LogP contribution in [0.5, 0.6) is 0 Å². The summed E-state index contributed by atoms with van der Waals surface area (Å²) in [6.07, 6.45) is 0. The van der Waals surface area contributed by atoms with Gasteiger partial charge in [-0.25, -0.2) is 0 Å². The standard InChI is InChI=1S/C14H23N3O/c1-11(9-15)10-17(4)14(18)12-6-5-7-13(8-12)16(2)3/h5-8,11H,9-10,15H2,1-4H3. The molecule has 0 spiro atoms. The van der Waals surface area contributed by atoms with E-state index >= 15 is 0 Å². The Morgan fingerprint density at radius 2 is 2.00 bits per heavy atom. The fraction of sp³-hybridized carbons (Fsp3) is 0.500. The molecule has 0 aliphatic heterocycles. The van der Waals surface area contributed by atoms with Gasteiger partial charge in [-0.2, -0.15) is 0 Å². The molecule has 1 unspecified atom stereocenters. The number of nitrogens with two attached hydrogens (primary N) is 1. The predicted octanol–water partition coefficient (Wildman–Crippen LogP) is 1.42. The quantitative estimate of drug-likeness (QED) is 0.858. The third-order valence-corrected chi connectivity index (χ3v) is 2.94. The Kier molecular flexibility index (Phi) is 5.16. The van der Waals surface area contributed by atoms with E-state index in [0.29, 0.717) is 24.6 Å². The minimum atomic E-state index is 0.0407. The monoisotopic (exact) mass is 249 g/mol. The summed E-state index contributed by atoms with van der Waals surface area (Å²) in [6.45, 7) is 3.32. The third-order valence-electron chi connectivity index (χ3n) is 2.94. The maximum atomic E-state index is 12.2. The van der Waals surface area contributed by atoms with Crippen LogP contribution in [0.15, 0.2) is 24.3 Å². The first kappa shape index (κ1) is 14.5. The van der Waals surface area contributed by atoms with Gasteiger partial charge in [0, 0.05) is 38.9 Å². The maximum absolute atomic E-state index is 12.2. The Hall–Kier alpha value is -1.55. The van der Waals surface area contributed by atoms with Crippen molar-refractivity contribution in [3.05, 3.63) is 29.8 Å². The zero-order valence-corrected chi connectivity index (χ0v) is 11.7. The highest BCUT2D eigenvalue weighted by Gasteiger charge is 2.14.